The normalized spacial score (nSPS) is 11.3. The summed E-state index contributed by atoms with van der Waals surface area (Å²) in [4.78, 5) is 12.5. The molecule has 0 fully saturated rings. The van der Waals surface area contributed by atoms with Crippen LogP contribution in [-0.2, 0) is 16.6 Å². The van der Waals surface area contributed by atoms with E-state index >= 15 is 0 Å². The minimum atomic E-state index is -3.47. The van der Waals surface area contributed by atoms with Gasteiger partial charge in [-0.25, -0.2) is 8.42 Å². The van der Waals surface area contributed by atoms with Crippen molar-refractivity contribution < 1.29 is 17.9 Å². The Kier molecular flexibility index (Phi) is 7.36. The van der Waals surface area contributed by atoms with E-state index in [1.54, 1.807) is 30.3 Å². The third-order valence-corrected chi connectivity index (χ3v) is 6.75. The van der Waals surface area contributed by atoms with Gasteiger partial charge in [0.2, 0.25) is 10.0 Å². The Bertz CT molecular complexity index is 1430. The van der Waals surface area contributed by atoms with E-state index in [0.717, 1.165) is 27.6 Å². The Hall–Kier alpha value is -3.84. The highest BCUT2D eigenvalue weighted by Crippen LogP contribution is 2.22. The molecule has 35 heavy (non-hydrogen) atoms. The summed E-state index contributed by atoms with van der Waals surface area (Å²) in [5.74, 6) is 0.545. The van der Waals surface area contributed by atoms with E-state index < -0.39 is 10.0 Å². The third kappa shape index (κ3) is 6.39. The van der Waals surface area contributed by atoms with Gasteiger partial charge in [0.1, 0.15) is 12.4 Å². The predicted octanol–water partition coefficient (Wildman–Crippen LogP) is 4.92. The fourth-order valence-electron chi connectivity index (χ4n) is 3.80. The lowest BCUT2D eigenvalue weighted by Gasteiger charge is -2.23. The third-order valence-electron chi connectivity index (χ3n) is 5.61. The second-order valence-corrected chi connectivity index (χ2v) is 10.3. The van der Waals surface area contributed by atoms with E-state index in [2.05, 4.69) is 5.32 Å². The minimum absolute atomic E-state index is 0.184. The molecule has 0 aliphatic heterocycles. The average molecular weight is 489 g/mol. The monoisotopic (exact) mass is 488 g/mol. The van der Waals surface area contributed by atoms with Crippen LogP contribution >= 0.6 is 0 Å². The van der Waals surface area contributed by atoms with Crippen LogP contribution in [0.1, 0.15) is 21.5 Å². The average Bonchev–Trinajstić information content (AvgIpc) is 2.84. The lowest BCUT2D eigenvalue weighted by atomic mass is 10.1. The van der Waals surface area contributed by atoms with Crippen LogP contribution in [0.4, 0.5) is 5.69 Å². The Morgan fingerprint density at radius 3 is 2.34 bits per heavy atom. The molecule has 0 atom stereocenters. The second-order valence-electron chi connectivity index (χ2n) is 8.42. The van der Waals surface area contributed by atoms with Gasteiger partial charge in [-0.2, -0.15) is 0 Å². The number of rotatable bonds is 9. The van der Waals surface area contributed by atoms with Crippen LogP contribution < -0.4 is 14.4 Å². The second kappa shape index (κ2) is 10.6. The molecular formula is C28H28N2O4S. The lowest BCUT2D eigenvalue weighted by molar-refractivity contribution is 0.0947. The minimum Gasteiger partial charge on any atom is -0.492 e. The summed E-state index contributed by atoms with van der Waals surface area (Å²) in [6, 6.07) is 28.3. The van der Waals surface area contributed by atoms with Gasteiger partial charge in [0.15, 0.2) is 0 Å². The topological polar surface area (TPSA) is 75.7 Å². The number of aryl methyl sites for hydroxylation is 1. The van der Waals surface area contributed by atoms with E-state index in [0.29, 0.717) is 24.4 Å². The van der Waals surface area contributed by atoms with Gasteiger partial charge in [-0.05, 0) is 65.2 Å². The van der Waals surface area contributed by atoms with E-state index in [1.165, 1.54) is 10.6 Å². The molecule has 0 saturated carbocycles. The maximum Gasteiger partial charge on any atom is 0.251 e. The molecule has 4 rings (SSSR count). The summed E-state index contributed by atoms with van der Waals surface area (Å²) >= 11 is 0. The maximum absolute atomic E-state index is 12.5. The van der Waals surface area contributed by atoms with Crippen molar-refractivity contribution in [3.8, 4) is 5.75 Å². The first kappa shape index (κ1) is 24.3. The first-order valence-corrected chi connectivity index (χ1v) is 13.2. The summed E-state index contributed by atoms with van der Waals surface area (Å²) in [6.07, 6.45) is 1.19. The number of amides is 1. The molecule has 0 aliphatic carbocycles. The molecular weight excluding hydrogens is 460 g/mol. The van der Waals surface area contributed by atoms with Gasteiger partial charge in [-0.3, -0.25) is 9.10 Å². The number of nitrogens with one attached hydrogen (secondary N) is 1. The largest absolute Gasteiger partial charge is 0.492 e. The lowest BCUT2D eigenvalue weighted by Crippen LogP contribution is -2.29. The van der Waals surface area contributed by atoms with Crippen molar-refractivity contribution in [2.24, 2.45) is 0 Å². The van der Waals surface area contributed by atoms with Crippen molar-refractivity contribution in [3.05, 3.63) is 108 Å². The van der Waals surface area contributed by atoms with Crippen LogP contribution in [0.25, 0.3) is 10.8 Å². The van der Waals surface area contributed by atoms with Crippen molar-refractivity contribution in [3.63, 3.8) is 0 Å². The van der Waals surface area contributed by atoms with Gasteiger partial charge in [0, 0.05) is 5.56 Å². The molecule has 0 radical (unpaired) electrons. The van der Waals surface area contributed by atoms with Gasteiger partial charge in [-0.1, -0.05) is 54.6 Å². The zero-order valence-electron chi connectivity index (χ0n) is 19.8. The van der Waals surface area contributed by atoms with Crippen LogP contribution in [0.5, 0.6) is 5.75 Å². The zero-order valence-corrected chi connectivity index (χ0v) is 20.6. The first-order chi connectivity index (χ1) is 16.8. The standard InChI is InChI=1S/C28H28N2O4S/c1-21-6-5-9-26(18-21)30(35(2,32)33)20-22-10-12-24(13-11-22)28(31)29-16-17-34-27-15-14-23-7-3-4-8-25(23)19-27/h3-15,18-19H,16-17,20H2,1-2H3,(H,29,31). The molecule has 6 nitrogen and oxygen atoms in total. The molecule has 1 N–H and O–H groups in total. The van der Waals surface area contributed by atoms with E-state index in [4.69, 9.17) is 4.74 Å². The highest BCUT2D eigenvalue weighted by molar-refractivity contribution is 7.92. The number of hydrogen-bond donors (Lipinski definition) is 1. The van der Waals surface area contributed by atoms with Crippen LogP contribution in [-0.4, -0.2) is 33.7 Å². The summed E-state index contributed by atoms with van der Waals surface area (Å²) in [6.45, 7) is 2.82. The smallest absolute Gasteiger partial charge is 0.251 e. The van der Waals surface area contributed by atoms with Crippen molar-refractivity contribution in [1.82, 2.24) is 5.32 Å². The number of ether oxygens (including phenoxy) is 1. The molecule has 4 aromatic rings. The number of nitrogens with zero attached hydrogens (tertiary/aromatic N) is 1. The van der Waals surface area contributed by atoms with Crippen molar-refractivity contribution in [1.29, 1.82) is 0 Å². The van der Waals surface area contributed by atoms with Crippen molar-refractivity contribution in [2.45, 2.75) is 13.5 Å². The highest BCUT2D eigenvalue weighted by atomic mass is 32.2. The van der Waals surface area contributed by atoms with Crippen LogP contribution in [0, 0.1) is 6.92 Å². The van der Waals surface area contributed by atoms with E-state index in [1.807, 2.05) is 67.6 Å². The first-order valence-electron chi connectivity index (χ1n) is 11.3. The number of fused-ring (bicyclic) bond motifs is 1. The molecule has 7 heteroatoms. The van der Waals surface area contributed by atoms with E-state index in [-0.39, 0.29) is 12.5 Å². The number of carbonyl (C=O) groups is 1. The molecule has 0 saturated heterocycles. The molecule has 180 valence electrons. The number of carbonyl (C=O) groups excluding carboxylic acids is 1. The molecule has 0 aromatic heterocycles. The summed E-state index contributed by atoms with van der Waals surface area (Å²) in [7, 11) is -3.47. The van der Waals surface area contributed by atoms with Gasteiger partial charge >= 0.3 is 0 Å². The van der Waals surface area contributed by atoms with Gasteiger partial charge in [0.25, 0.3) is 5.91 Å². The Morgan fingerprint density at radius 2 is 1.63 bits per heavy atom. The van der Waals surface area contributed by atoms with Crippen LogP contribution in [0.15, 0.2) is 91.0 Å². The molecule has 1 amide bonds. The Balaban J connectivity index is 1.32. The van der Waals surface area contributed by atoms with Crippen LogP contribution in [0.3, 0.4) is 0 Å². The predicted molar refractivity (Wildman–Crippen MR) is 140 cm³/mol. The number of hydrogen-bond acceptors (Lipinski definition) is 4. The van der Waals surface area contributed by atoms with Crippen molar-refractivity contribution >= 4 is 32.4 Å². The Morgan fingerprint density at radius 1 is 0.886 bits per heavy atom. The fraction of sp³-hybridized carbons (Fsp3) is 0.179. The summed E-state index contributed by atoms with van der Waals surface area (Å²) in [5.41, 5.74) is 2.88. The quantitative estimate of drug-likeness (QED) is 0.339. The maximum atomic E-state index is 12.5. The zero-order chi connectivity index (χ0) is 24.8. The molecule has 0 spiro atoms. The van der Waals surface area contributed by atoms with Gasteiger partial charge < -0.3 is 10.1 Å². The number of sulfonamides is 1. The Labute approximate surface area is 206 Å². The molecule has 4 aromatic carbocycles. The van der Waals surface area contributed by atoms with Crippen LogP contribution in [0.2, 0.25) is 0 Å². The molecule has 0 aliphatic rings. The molecule has 0 unspecified atom stereocenters. The van der Waals surface area contributed by atoms with E-state index in [9.17, 15) is 13.2 Å². The molecule has 0 bridgehead atoms. The highest BCUT2D eigenvalue weighted by Gasteiger charge is 2.18. The summed E-state index contributed by atoms with van der Waals surface area (Å²) in [5, 5.41) is 5.10. The fourth-order valence-corrected chi connectivity index (χ4v) is 4.68. The number of anilines is 1. The van der Waals surface area contributed by atoms with Crippen molar-refractivity contribution in [2.75, 3.05) is 23.7 Å². The molecule has 0 heterocycles. The SMILES string of the molecule is Cc1cccc(N(Cc2ccc(C(=O)NCCOc3ccc4ccccc4c3)cc2)S(C)(=O)=O)c1. The van der Waals surface area contributed by atoms with Gasteiger partial charge in [0.05, 0.1) is 25.0 Å². The summed E-state index contributed by atoms with van der Waals surface area (Å²) < 4.78 is 31.9. The number of benzene rings is 4. The van der Waals surface area contributed by atoms with Gasteiger partial charge in [-0.15, -0.1) is 0 Å².